The van der Waals surface area contributed by atoms with Gasteiger partial charge >= 0.3 is 0 Å². The summed E-state index contributed by atoms with van der Waals surface area (Å²) in [5, 5.41) is 0. The SMILES string of the molecule is C[B]C(C)CC(C(C)C)C(CC(C)C)C(C)C. The van der Waals surface area contributed by atoms with E-state index in [1.165, 1.54) is 12.8 Å². The summed E-state index contributed by atoms with van der Waals surface area (Å²) in [6, 6.07) is 0. The third kappa shape index (κ3) is 6.53. The lowest BCUT2D eigenvalue weighted by molar-refractivity contribution is 0.156. The molecule has 0 amide bonds. The van der Waals surface area contributed by atoms with E-state index >= 15 is 0 Å². The van der Waals surface area contributed by atoms with Crippen LogP contribution in [0.4, 0.5) is 0 Å². The largest absolute Gasteiger partial charge is 0.109 e. The lowest BCUT2D eigenvalue weighted by Gasteiger charge is -2.36. The van der Waals surface area contributed by atoms with Crippen LogP contribution in [-0.2, 0) is 0 Å². The third-order valence-electron chi connectivity index (χ3n) is 4.22. The van der Waals surface area contributed by atoms with Crippen LogP contribution in [0.2, 0.25) is 12.6 Å². The summed E-state index contributed by atoms with van der Waals surface area (Å²) in [4.78, 5) is 0. The Morgan fingerprint density at radius 2 is 1.12 bits per heavy atom. The van der Waals surface area contributed by atoms with Gasteiger partial charge in [-0.2, -0.15) is 0 Å². The van der Waals surface area contributed by atoms with E-state index in [1.54, 1.807) is 0 Å². The summed E-state index contributed by atoms with van der Waals surface area (Å²) >= 11 is 0. The maximum absolute atomic E-state index is 2.41. The van der Waals surface area contributed by atoms with Gasteiger partial charge in [0.25, 0.3) is 0 Å². The van der Waals surface area contributed by atoms with Gasteiger partial charge in [-0.25, -0.2) is 0 Å². The van der Waals surface area contributed by atoms with Crippen LogP contribution in [-0.4, -0.2) is 7.28 Å². The molecule has 0 bridgehead atoms. The van der Waals surface area contributed by atoms with E-state index in [0.29, 0.717) is 0 Å². The molecule has 0 aromatic heterocycles. The molecule has 101 valence electrons. The third-order valence-corrected chi connectivity index (χ3v) is 4.22. The van der Waals surface area contributed by atoms with Gasteiger partial charge in [-0.05, 0) is 36.0 Å². The van der Waals surface area contributed by atoms with E-state index in [2.05, 4.69) is 62.6 Å². The van der Waals surface area contributed by atoms with Gasteiger partial charge in [-0.3, -0.25) is 0 Å². The Balaban J connectivity index is 4.70. The normalized spacial score (nSPS) is 17.6. The van der Waals surface area contributed by atoms with Gasteiger partial charge in [-0.1, -0.05) is 67.5 Å². The number of rotatable bonds is 8. The van der Waals surface area contributed by atoms with Crippen LogP contribution in [0.1, 0.15) is 61.3 Å². The average Bonchev–Trinajstić information content (AvgIpc) is 2.21. The lowest BCUT2D eigenvalue weighted by Crippen LogP contribution is -2.27. The zero-order valence-corrected chi connectivity index (χ0v) is 13.5. The first-order chi connectivity index (χ1) is 7.79. The van der Waals surface area contributed by atoms with Crippen LogP contribution in [0.15, 0.2) is 0 Å². The van der Waals surface area contributed by atoms with Crippen molar-refractivity contribution in [3.8, 4) is 0 Å². The zero-order chi connectivity index (χ0) is 13.6. The maximum Gasteiger partial charge on any atom is 0.109 e. The first-order valence-electron chi connectivity index (χ1n) is 7.59. The Labute approximate surface area is 111 Å². The van der Waals surface area contributed by atoms with E-state index < -0.39 is 0 Å². The maximum atomic E-state index is 2.41. The van der Waals surface area contributed by atoms with E-state index in [4.69, 9.17) is 0 Å². The van der Waals surface area contributed by atoms with Gasteiger partial charge in [-0.15, -0.1) is 0 Å². The van der Waals surface area contributed by atoms with Crippen molar-refractivity contribution >= 4 is 7.28 Å². The van der Waals surface area contributed by atoms with Gasteiger partial charge < -0.3 is 0 Å². The molecule has 0 aliphatic carbocycles. The van der Waals surface area contributed by atoms with Crippen LogP contribution in [0.25, 0.3) is 0 Å². The zero-order valence-electron chi connectivity index (χ0n) is 13.5. The Morgan fingerprint density at radius 1 is 0.706 bits per heavy atom. The Kier molecular flexibility index (Phi) is 8.25. The van der Waals surface area contributed by atoms with E-state index in [0.717, 1.165) is 35.4 Å². The minimum Gasteiger partial charge on any atom is -0.0917 e. The molecule has 0 rings (SSSR count). The van der Waals surface area contributed by atoms with Crippen LogP contribution < -0.4 is 0 Å². The van der Waals surface area contributed by atoms with Gasteiger partial charge in [0.05, 0.1) is 0 Å². The van der Waals surface area contributed by atoms with Crippen molar-refractivity contribution < 1.29 is 0 Å². The Morgan fingerprint density at radius 3 is 1.41 bits per heavy atom. The van der Waals surface area contributed by atoms with Crippen molar-refractivity contribution in [3.05, 3.63) is 0 Å². The standard InChI is InChI=1S/C16H34B/c1-11(2)9-15(12(3)4)16(13(5)6)10-14(7)17-8/h11-16H,9-10H2,1-8H3. The van der Waals surface area contributed by atoms with E-state index in [1.807, 2.05) is 0 Å². The molecule has 3 atom stereocenters. The van der Waals surface area contributed by atoms with Gasteiger partial charge in [0.1, 0.15) is 7.28 Å². The molecule has 0 saturated heterocycles. The van der Waals surface area contributed by atoms with Gasteiger partial charge in [0.15, 0.2) is 0 Å². The fraction of sp³-hybridized carbons (Fsp3) is 1.00. The molecule has 17 heavy (non-hydrogen) atoms. The molecular weight excluding hydrogens is 203 g/mol. The van der Waals surface area contributed by atoms with Gasteiger partial charge in [0.2, 0.25) is 0 Å². The minimum absolute atomic E-state index is 0.760. The van der Waals surface area contributed by atoms with Gasteiger partial charge in [0, 0.05) is 0 Å². The summed E-state index contributed by atoms with van der Waals surface area (Å²) in [5.74, 6) is 4.97. The van der Waals surface area contributed by atoms with Crippen molar-refractivity contribution in [1.82, 2.24) is 0 Å². The molecule has 0 aliphatic heterocycles. The summed E-state index contributed by atoms with van der Waals surface area (Å²) in [6.07, 6.45) is 2.75. The molecule has 0 aromatic rings. The molecule has 0 spiro atoms. The highest BCUT2D eigenvalue weighted by Gasteiger charge is 2.28. The van der Waals surface area contributed by atoms with Crippen molar-refractivity contribution in [2.75, 3.05) is 0 Å². The molecule has 3 unspecified atom stereocenters. The highest BCUT2D eigenvalue weighted by molar-refractivity contribution is 6.35. The highest BCUT2D eigenvalue weighted by Crippen LogP contribution is 2.37. The Bertz CT molecular complexity index is 184. The second kappa shape index (κ2) is 8.22. The molecule has 0 nitrogen and oxygen atoms in total. The van der Waals surface area contributed by atoms with E-state index in [-0.39, 0.29) is 0 Å². The molecule has 0 N–H and O–H groups in total. The first-order valence-corrected chi connectivity index (χ1v) is 7.59. The smallest absolute Gasteiger partial charge is 0.0917 e. The molecule has 1 radical (unpaired) electrons. The molecule has 0 heterocycles. The topological polar surface area (TPSA) is 0 Å². The average molecular weight is 237 g/mol. The van der Waals surface area contributed by atoms with Crippen molar-refractivity contribution in [1.29, 1.82) is 0 Å². The number of hydrogen-bond donors (Lipinski definition) is 0. The number of hydrogen-bond acceptors (Lipinski definition) is 0. The second-order valence-corrected chi connectivity index (χ2v) is 6.99. The molecule has 0 aromatic carbocycles. The molecule has 0 aliphatic rings. The quantitative estimate of drug-likeness (QED) is 0.487. The fourth-order valence-corrected chi connectivity index (χ4v) is 2.99. The summed E-state index contributed by atoms with van der Waals surface area (Å²) in [7, 11) is 2.36. The predicted molar refractivity (Wildman–Crippen MR) is 81.8 cm³/mol. The first kappa shape index (κ1) is 17.1. The fourth-order valence-electron chi connectivity index (χ4n) is 2.99. The molecule has 1 heteroatoms. The summed E-state index contributed by atoms with van der Waals surface area (Å²) < 4.78 is 0. The molecule has 0 saturated carbocycles. The highest BCUT2D eigenvalue weighted by atomic mass is 14.3. The summed E-state index contributed by atoms with van der Waals surface area (Å²) in [5.41, 5.74) is 0. The summed E-state index contributed by atoms with van der Waals surface area (Å²) in [6.45, 7) is 18.9. The Hall–Kier alpha value is 0.0649. The lowest BCUT2D eigenvalue weighted by atomic mass is 9.60. The van der Waals surface area contributed by atoms with Crippen molar-refractivity contribution in [3.63, 3.8) is 0 Å². The molecule has 0 fully saturated rings. The van der Waals surface area contributed by atoms with Crippen LogP contribution in [0.5, 0.6) is 0 Å². The predicted octanol–water partition coefficient (Wildman–Crippen LogP) is 5.53. The minimum atomic E-state index is 0.760. The van der Waals surface area contributed by atoms with Crippen molar-refractivity contribution in [2.45, 2.75) is 73.9 Å². The monoisotopic (exact) mass is 237 g/mol. The van der Waals surface area contributed by atoms with Crippen LogP contribution in [0.3, 0.4) is 0 Å². The van der Waals surface area contributed by atoms with Crippen molar-refractivity contribution in [2.24, 2.45) is 29.6 Å². The van der Waals surface area contributed by atoms with Crippen LogP contribution >= 0.6 is 0 Å². The van der Waals surface area contributed by atoms with Crippen LogP contribution in [0, 0.1) is 29.6 Å². The second-order valence-electron chi connectivity index (χ2n) is 6.99. The van der Waals surface area contributed by atoms with E-state index in [9.17, 15) is 0 Å². The molecular formula is C16H34B.